The molecule has 0 spiro atoms. The topological polar surface area (TPSA) is 89.8 Å². The van der Waals surface area contributed by atoms with E-state index in [1.54, 1.807) is 47.4 Å². The van der Waals surface area contributed by atoms with Crippen molar-refractivity contribution in [2.75, 3.05) is 0 Å². The molecular weight excluding hydrogens is 431 g/mol. The Balaban J connectivity index is 1.45. The average Bonchev–Trinajstić information content (AvgIpc) is 2.84. The van der Waals surface area contributed by atoms with Crippen LogP contribution in [0.2, 0.25) is 0 Å². The quantitative estimate of drug-likeness (QED) is 0.425. The van der Waals surface area contributed by atoms with E-state index in [0.29, 0.717) is 47.2 Å². The summed E-state index contributed by atoms with van der Waals surface area (Å²) in [7, 11) is 0. The molecule has 0 saturated carbocycles. The van der Waals surface area contributed by atoms with Crippen LogP contribution >= 0.6 is 0 Å². The molecule has 0 aliphatic heterocycles. The van der Waals surface area contributed by atoms with Gasteiger partial charge in [0.2, 0.25) is 5.91 Å². The number of aromatic nitrogens is 2. The molecule has 4 aromatic rings. The van der Waals surface area contributed by atoms with Gasteiger partial charge in [0.15, 0.2) is 0 Å². The molecule has 0 radical (unpaired) electrons. The van der Waals surface area contributed by atoms with E-state index in [2.05, 4.69) is 16.0 Å². The maximum absolute atomic E-state index is 13.7. The molecular formula is C27H23FN4O2. The SMILES string of the molecule is N#Cc1ccc(CN(Cc2cccc(F)c2)C(=O)CCCc2nc3ccccc3c(=O)[nH]2)cc1. The normalized spacial score (nSPS) is 10.7. The molecule has 34 heavy (non-hydrogen) atoms. The Bertz CT molecular complexity index is 1410. The van der Waals surface area contributed by atoms with E-state index in [0.717, 1.165) is 5.56 Å². The number of rotatable bonds is 8. The first kappa shape index (κ1) is 22.9. The molecule has 1 heterocycles. The molecule has 4 rings (SSSR count). The highest BCUT2D eigenvalue weighted by Crippen LogP contribution is 2.15. The number of hydrogen-bond donors (Lipinski definition) is 1. The van der Waals surface area contributed by atoms with Crippen LogP contribution in [0.4, 0.5) is 4.39 Å². The van der Waals surface area contributed by atoms with Gasteiger partial charge in [-0.25, -0.2) is 9.37 Å². The number of nitrogens with zero attached hydrogens (tertiary/aromatic N) is 3. The Kier molecular flexibility index (Phi) is 7.09. The highest BCUT2D eigenvalue weighted by Gasteiger charge is 2.16. The van der Waals surface area contributed by atoms with Crippen molar-refractivity contribution in [1.82, 2.24) is 14.9 Å². The fraction of sp³-hybridized carbons (Fsp3) is 0.185. The molecule has 1 N–H and O–H groups in total. The minimum absolute atomic E-state index is 0.0863. The van der Waals surface area contributed by atoms with Crippen molar-refractivity contribution in [3.8, 4) is 6.07 Å². The molecule has 7 heteroatoms. The van der Waals surface area contributed by atoms with Crippen LogP contribution < -0.4 is 5.56 Å². The maximum atomic E-state index is 13.7. The molecule has 0 unspecified atom stereocenters. The van der Waals surface area contributed by atoms with Crippen LogP contribution in [0.25, 0.3) is 10.9 Å². The molecule has 0 aliphatic carbocycles. The summed E-state index contributed by atoms with van der Waals surface area (Å²) in [5.41, 5.74) is 2.55. The van der Waals surface area contributed by atoms with Crippen molar-refractivity contribution < 1.29 is 9.18 Å². The lowest BCUT2D eigenvalue weighted by Gasteiger charge is -2.23. The highest BCUT2D eigenvalue weighted by molar-refractivity contribution is 5.77. The standard InChI is InChI=1S/C27H23FN4O2/c28-22-6-3-5-21(15-22)18-32(17-20-13-11-19(16-29)12-14-20)26(33)10-4-9-25-30-24-8-2-1-7-23(24)27(34)31-25/h1-3,5-8,11-15H,4,9-10,17-18H2,(H,30,31,34). The minimum Gasteiger partial charge on any atom is -0.334 e. The Labute approximate surface area is 196 Å². The van der Waals surface area contributed by atoms with E-state index in [4.69, 9.17) is 5.26 Å². The van der Waals surface area contributed by atoms with Crippen molar-refractivity contribution in [1.29, 1.82) is 5.26 Å². The van der Waals surface area contributed by atoms with E-state index in [-0.39, 0.29) is 30.2 Å². The Morgan fingerprint density at radius 3 is 2.53 bits per heavy atom. The van der Waals surface area contributed by atoms with Crippen LogP contribution in [0.15, 0.2) is 77.6 Å². The molecule has 0 atom stereocenters. The molecule has 0 saturated heterocycles. The number of benzene rings is 3. The Morgan fingerprint density at radius 1 is 1.00 bits per heavy atom. The van der Waals surface area contributed by atoms with Gasteiger partial charge in [-0.2, -0.15) is 5.26 Å². The number of halogens is 1. The lowest BCUT2D eigenvalue weighted by atomic mass is 10.1. The van der Waals surface area contributed by atoms with Gasteiger partial charge in [-0.05, 0) is 53.9 Å². The zero-order valence-corrected chi connectivity index (χ0v) is 18.5. The lowest BCUT2D eigenvalue weighted by molar-refractivity contribution is -0.132. The molecule has 1 aromatic heterocycles. The van der Waals surface area contributed by atoms with E-state index in [9.17, 15) is 14.0 Å². The number of nitrogens with one attached hydrogen (secondary N) is 1. The summed E-state index contributed by atoms with van der Waals surface area (Å²) < 4.78 is 13.7. The summed E-state index contributed by atoms with van der Waals surface area (Å²) in [6.45, 7) is 0.605. The number of hydrogen-bond acceptors (Lipinski definition) is 4. The Morgan fingerprint density at radius 2 is 1.76 bits per heavy atom. The average molecular weight is 455 g/mol. The van der Waals surface area contributed by atoms with Crippen LogP contribution in [0.1, 0.15) is 35.4 Å². The third-order valence-corrected chi connectivity index (χ3v) is 5.54. The molecule has 0 fully saturated rings. The first-order valence-electron chi connectivity index (χ1n) is 11.0. The van der Waals surface area contributed by atoms with Gasteiger partial charge in [-0.3, -0.25) is 9.59 Å². The zero-order valence-electron chi connectivity index (χ0n) is 18.5. The van der Waals surface area contributed by atoms with Gasteiger partial charge in [0.1, 0.15) is 11.6 Å². The van der Waals surface area contributed by atoms with Crippen LogP contribution in [-0.4, -0.2) is 20.8 Å². The van der Waals surface area contributed by atoms with E-state index < -0.39 is 0 Å². The summed E-state index contributed by atoms with van der Waals surface area (Å²) in [5, 5.41) is 9.54. The molecule has 170 valence electrons. The molecule has 0 aliphatic rings. The van der Waals surface area contributed by atoms with Crippen molar-refractivity contribution >= 4 is 16.8 Å². The van der Waals surface area contributed by atoms with E-state index in [1.165, 1.54) is 12.1 Å². The predicted octanol–water partition coefficient (Wildman–Crippen LogP) is 4.49. The van der Waals surface area contributed by atoms with Crippen LogP contribution in [0.5, 0.6) is 0 Å². The van der Waals surface area contributed by atoms with Gasteiger partial charge in [0, 0.05) is 25.9 Å². The second-order valence-corrected chi connectivity index (χ2v) is 8.07. The third-order valence-electron chi connectivity index (χ3n) is 5.54. The molecule has 1 amide bonds. The number of carbonyl (C=O) groups excluding carboxylic acids is 1. The summed E-state index contributed by atoms with van der Waals surface area (Å²) in [4.78, 5) is 34.3. The van der Waals surface area contributed by atoms with Crippen LogP contribution in [-0.2, 0) is 24.3 Å². The number of carbonyl (C=O) groups is 1. The lowest BCUT2D eigenvalue weighted by Crippen LogP contribution is -2.30. The summed E-state index contributed by atoms with van der Waals surface area (Å²) >= 11 is 0. The van der Waals surface area contributed by atoms with Gasteiger partial charge >= 0.3 is 0 Å². The number of amides is 1. The summed E-state index contributed by atoms with van der Waals surface area (Å²) in [6, 6.07) is 22.5. The monoisotopic (exact) mass is 454 g/mol. The smallest absolute Gasteiger partial charge is 0.258 e. The fourth-order valence-corrected chi connectivity index (χ4v) is 3.81. The van der Waals surface area contributed by atoms with Crippen molar-refractivity contribution in [3.05, 3.63) is 111 Å². The number of para-hydroxylation sites is 1. The zero-order chi connectivity index (χ0) is 23.9. The first-order valence-corrected chi connectivity index (χ1v) is 11.0. The van der Waals surface area contributed by atoms with Gasteiger partial charge in [-0.1, -0.05) is 36.4 Å². The fourth-order valence-electron chi connectivity index (χ4n) is 3.81. The Hall–Kier alpha value is -4.31. The number of nitriles is 1. The second-order valence-electron chi connectivity index (χ2n) is 8.07. The van der Waals surface area contributed by atoms with Crippen molar-refractivity contribution in [2.45, 2.75) is 32.4 Å². The summed E-state index contributed by atoms with van der Waals surface area (Å²) in [6.07, 6.45) is 1.21. The van der Waals surface area contributed by atoms with Gasteiger partial charge < -0.3 is 9.88 Å². The van der Waals surface area contributed by atoms with Gasteiger partial charge in [-0.15, -0.1) is 0 Å². The number of aryl methyl sites for hydroxylation is 1. The number of H-pyrrole nitrogens is 1. The number of fused-ring (bicyclic) bond motifs is 1. The largest absolute Gasteiger partial charge is 0.334 e. The minimum atomic E-state index is -0.352. The number of aromatic amines is 1. The predicted molar refractivity (Wildman–Crippen MR) is 127 cm³/mol. The molecule has 0 bridgehead atoms. The summed E-state index contributed by atoms with van der Waals surface area (Å²) in [5.74, 6) is 0.103. The highest BCUT2D eigenvalue weighted by atomic mass is 19.1. The van der Waals surface area contributed by atoms with E-state index in [1.807, 2.05) is 18.2 Å². The molecule has 3 aromatic carbocycles. The van der Waals surface area contributed by atoms with E-state index >= 15 is 0 Å². The van der Waals surface area contributed by atoms with Crippen molar-refractivity contribution in [2.24, 2.45) is 0 Å². The molecule has 6 nitrogen and oxygen atoms in total. The third kappa shape index (κ3) is 5.73. The van der Waals surface area contributed by atoms with Crippen LogP contribution in [0.3, 0.4) is 0 Å². The van der Waals surface area contributed by atoms with Crippen LogP contribution in [0, 0.1) is 17.1 Å². The first-order chi connectivity index (χ1) is 16.5. The van der Waals surface area contributed by atoms with Crippen molar-refractivity contribution in [3.63, 3.8) is 0 Å². The second kappa shape index (κ2) is 10.5. The van der Waals surface area contributed by atoms with Gasteiger partial charge in [0.25, 0.3) is 5.56 Å². The van der Waals surface area contributed by atoms with Gasteiger partial charge in [0.05, 0.1) is 22.5 Å². The maximum Gasteiger partial charge on any atom is 0.258 e.